The number of halogens is 1. The smallest absolute Gasteiger partial charge is 0.0808 e. The zero-order chi connectivity index (χ0) is 7.78. The van der Waals surface area contributed by atoms with E-state index in [-0.39, 0.29) is 24.0 Å². The second-order valence-electron chi connectivity index (χ2n) is 4.75. The van der Waals surface area contributed by atoms with Crippen molar-refractivity contribution >= 4 is 0 Å². The quantitative estimate of drug-likeness (QED) is 0.380. The number of likely N-dealkylation sites (tertiary alicyclic amines) is 1. The van der Waals surface area contributed by atoms with E-state index in [2.05, 4.69) is 27.9 Å². The van der Waals surface area contributed by atoms with E-state index >= 15 is 0 Å². The van der Waals surface area contributed by atoms with Crippen LogP contribution < -0.4 is 24.0 Å². The summed E-state index contributed by atoms with van der Waals surface area (Å²) in [6.45, 7) is 7.47. The van der Waals surface area contributed by atoms with Crippen LogP contribution in [-0.2, 0) is 0 Å². The van der Waals surface area contributed by atoms with Crippen LogP contribution in [0.3, 0.4) is 0 Å². The summed E-state index contributed by atoms with van der Waals surface area (Å²) in [6, 6.07) is 0. The van der Waals surface area contributed by atoms with Crippen LogP contribution in [0.1, 0.15) is 20.3 Å². The summed E-state index contributed by atoms with van der Waals surface area (Å²) in [4.78, 5) is 0. The molecule has 0 saturated carbocycles. The Hall–Kier alpha value is 0.690. The van der Waals surface area contributed by atoms with Gasteiger partial charge < -0.3 is 28.5 Å². The molecular weight excluding hydrogens is 249 g/mol. The summed E-state index contributed by atoms with van der Waals surface area (Å²) in [6.07, 6.45) is 1.43. The van der Waals surface area contributed by atoms with E-state index in [4.69, 9.17) is 0 Å². The molecule has 1 saturated heterocycles. The van der Waals surface area contributed by atoms with Crippen molar-refractivity contribution in [3.05, 3.63) is 0 Å². The third-order valence-corrected chi connectivity index (χ3v) is 2.42. The van der Waals surface area contributed by atoms with Gasteiger partial charge in [0.25, 0.3) is 0 Å². The Morgan fingerprint density at radius 3 is 1.64 bits per heavy atom. The second-order valence-corrected chi connectivity index (χ2v) is 4.75. The van der Waals surface area contributed by atoms with E-state index in [1.165, 1.54) is 24.0 Å². The molecule has 0 aromatic heterocycles. The van der Waals surface area contributed by atoms with Crippen molar-refractivity contribution in [2.45, 2.75) is 20.3 Å². The highest BCUT2D eigenvalue weighted by atomic mass is 127. The third-order valence-electron chi connectivity index (χ3n) is 2.42. The molecule has 0 N–H and O–H groups in total. The van der Waals surface area contributed by atoms with Crippen LogP contribution in [0.5, 0.6) is 0 Å². The number of quaternary nitrogens is 1. The molecular formula is C9H20IN. The number of hydrogen-bond donors (Lipinski definition) is 0. The van der Waals surface area contributed by atoms with Gasteiger partial charge in [-0.3, -0.25) is 0 Å². The standard InChI is InChI=1S/C9H20N.HI/c1-8-5-9(2)7-10(3,4)6-8;/h8-9H,5-7H2,1-4H3;1H/q+1;/p-1. The Balaban J connectivity index is 0.000001000. The average molecular weight is 269 g/mol. The van der Waals surface area contributed by atoms with Crippen molar-refractivity contribution in [2.24, 2.45) is 11.8 Å². The van der Waals surface area contributed by atoms with Crippen molar-refractivity contribution in [2.75, 3.05) is 27.2 Å². The Labute approximate surface area is 87.8 Å². The minimum Gasteiger partial charge on any atom is -1.00 e. The van der Waals surface area contributed by atoms with E-state index in [1.54, 1.807) is 0 Å². The summed E-state index contributed by atoms with van der Waals surface area (Å²) in [5, 5.41) is 0. The summed E-state index contributed by atoms with van der Waals surface area (Å²) in [5.41, 5.74) is 0. The van der Waals surface area contributed by atoms with Gasteiger partial charge in [-0.1, -0.05) is 13.8 Å². The molecule has 68 valence electrons. The molecule has 0 radical (unpaired) electrons. The fraction of sp³-hybridized carbons (Fsp3) is 1.00. The minimum atomic E-state index is 0. The Kier molecular flexibility index (Phi) is 4.33. The van der Waals surface area contributed by atoms with Crippen LogP contribution in [0.25, 0.3) is 0 Å². The molecule has 2 atom stereocenters. The zero-order valence-electron chi connectivity index (χ0n) is 8.10. The summed E-state index contributed by atoms with van der Waals surface area (Å²) < 4.78 is 1.22. The highest BCUT2D eigenvalue weighted by molar-refractivity contribution is 4.64. The van der Waals surface area contributed by atoms with E-state index in [9.17, 15) is 0 Å². The molecule has 2 unspecified atom stereocenters. The van der Waals surface area contributed by atoms with Crippen LogP contribution in [0.4, 0.5) is 0 Å². The third kappa shape index (κ3) is 3.74. The molecule has 0 aromatic rings. The molecule has 1 aliphatic rings. The van der Waals surface area contributed by atoms with Gasteiger partial charge in [0, 0.05) is 11.8 Å². The molecule has 1 heterocycles. The fourth-order valence-electron chi connectivity index (χ4n) is 2.60. The van der Waals surface area contributed by atoms with Gasteiger partial charge >= 0.3 is 0 Å². The Morgan fingerprint density at radius 2 is 1.36 bits per heavy atom. The highest BCUT2D eigenvalue weighted by Gasteiger charge is 2.28. The summed E-state index contributed by atoms with van der Waals surface area (Å²) >= 11 is 0. The predicted molar refractivity (Wildman–Crippen MR) is 44.8 cm³/mol. The molecule has 0 aliphatic carbocycles. The molecule has 1 fully saturated rings. The monoisotopic (exact) mass is 269 g/mol. The lowest BCUT2D eigenvalue weighted by atomic mass is 9.91. The van der Waals surface area contributed by atoms with Crippen molar-refractivity contribution in [1.29, 1.82) is 0 Å². The van der Waals surface area contributed by atoms with Crippen LogP contribution in [0.2, 0.25) is 0 Å². The maximum Gasteiger partial charge on any atom is 0.0808 e. The maximum atomic E-state index is 2.37. The van der Waals surface area contributed by atoms with Gasteiger partial charge in [-0.25, -0.2) is 0 Å². The lowest BCUT2D eigenvalue weighted by molar-refractivity contribution is -0.902. The minimum absolute atomic E-state index is 0. The number of hydrogen-bond acceptors (Lipinski definition) is 0. The molecule has 11 heavy (non-hydrogen) atoms. The average Bonchev–Trinajstić information content (AvgIpc) is 1.54. The van der Waals surface area contributed by atoms with Gasteiger partial charge in [0.05, 0.1) is 27.2 Å². The van der Waals surface area contributed by atoms with Crippen LogP contribution in [-0.4, -0.2) is 31.7 Å². The highest BCUT2D eigenvalue weighted by Crippen LogP contribution is 2.23. The van der Waals surface area contributed by atoms with Crippen LogP contribution in [0, 0.1) is 11.8 Å². The second kappa shape index (κ2) is 4.08. The van der Waals surface area contributed by atoms with Gasteiger partial charge in [-0.15, -0.1) is 0 Å². The van der Waals surface area contributed by atoms with E-state index in [0.717, 1.165) is 11.8 Å². The Morgan fingerprint density at radius 1 is 1.00 bits per heavy atom. The first kappa shape index (κ1) is 11.7. The van der Waals surface area contributed by atoms with Gasteiger partial charge in [0.15, 0.2) is 0 Å². The predicted octanol–water partition coefficient (Wildman–Crippen LogP) is -1.26. The fourth-order valence-corrected chi connectivity index (χ4v) is 2.60. The molecule has 0 spiro atoms. The lowest BCUT2D eigenvalue weighted by Gasteiger charge is -2.40. The normalized spacial score (nSPS) is 36.0. The molecule has 1 rings (SSSR count). The summed E-state index contributed by atoms with van der Waals surface area (Å²) in [5.74, 6) is 1.86. The topological polar surface area (TPSA) is 0 Å². The molecule has 1 aliphatic heterocycles. The molecule has 2 heteroatoms. The van der Waals surface area contributed by atoms with Crippen LogP contribution >= 0.6 is 0 Å². The van der Waals surface area contributed by atoms with Gasteiger partial charge in [-0.2, -0.15) is 0 Å². The number of piperidine rings is 1. The van der Waals surface area contributed by atoms with Crippen molar-refractivity contribution in [3.8, 4) is 0 Å². The molecule has 0 bridgehead atoms. The zero-order valence-corrected chi connectivity index (χ0v) is 10.3. The van der Waals surface area contributed by atoms with Crippen LogP contribution in [0.15, 0.2) is 0 Å². The number of rotatable bonds is 0. The molecule has 0 amide bonds. The molecule has 0 aromatic carbocycles. The first-order valence-electron chi connectivity index (χ1n) is 4.31. The number of nitrogens with zero attached hydrogens (tertiary/aromatic N) is 1. The van der Waals surface area contributed by atoms with E-state index in [0.29, 0.717) is 0 Å². The van der Waals surface area contributed by atoms with E-state index < -0.39 is 0 Å². The van der Waals surface area contributed by atoms with E-state index in [1.807, 2.05) is 0 Å². The van der Waals surface area contributed by atoms with Gasteiger partial charge in [0.2, 0.25) is 0 Å². The first-order valence-corrected chi connectivity index (χ1v) is 4.31. The van der Waals surface area contributed by atoms with Gasteiger partial charge in [0.1, 0.15) is 0 Å². The Bertz CT molecular complexity index is 111. The SMILES string of the molecule is CC1CC(C)C[N+](C)(C)C1.[I-]. The maximum absolute atomic E-state index is 2.37. The van der Waals surface area contributed by atoms with Crippen molar-refractivity contribution in [3.63, 3.8) is 0 Å². The first-order chi connectivity index (χ1) is 4.49. The summed E-state index contributed by atoms with van der Waals surface area (Å²) in [7, 11) is 4.68. The van der Waals surface area contributed by atoms with Crippen molar-refractivity contribution in [1.82, 2.24) is 0 Å². The van der Waals surface area contributed by atoms with Gasteiger partial charge in [-0.05, 0) is 6.42 Å². The largest absolute Gasteiger partial charge is 1.00 e. The van der Waals surface area contributed by atoms with Crippen molar-refractivity contribution < 1.29 is 28.5 Å². The lowest BCUT2D eigenvalue weighted by Crippen LogP contribution is -3.00. The molecule has 1 nitrogen and oxygen atoms in total.